The average Bonchev–Trinajstić information content (AvgIpc) is 2.56. The summed E-state index contributed by atoms with van der Waals surface area (Å²) in [5.41, 5.74) is 0. The van der Waals surface area contributed by atoms with Crippen molar-refractivity contribution in [3.05, 3.63) is 0 Å². The monoisotopic (exact) mass is 240 g/mol. The van der Waals surface area contributed by atoms with Crippen molar-refractivity contribution >= 4 is 11.8 Å². The summed E-state index contributed by atoms with van der Waals surface area (Å²) < 4.78 is 0. The van der Waals surface area contributed by atoms with Crippen LogP contribution in [0.3, 0.4) is 0 Å². The third kappa shape index (κ3) is 2.84. The molecule has 1 saturated carbocycles. The molecule has 0 aromatic carbocycles. The minimum Gasteiger partial charge on any atom is -0.393 e. The number of nitrogens with zero attached hydrogens (tertiary/aromatic N) is 1. The zero-order valence-corrected chi connectivity index (χ0v) is 10.2. The van der Waals surface area contributed by atoms with Crippen LogP contribution in [0.15, 0.2) is 0 Å². The molecule has 96 valence electrons. The Labute approximate surface area is 101 Å². The van der Waals surface area contributed by atoms with E-state index in [0.29, 0.717) is 5.92 Å². The second-order valence-corrected chi connectivity index (χ2v) is 5.13. The highest BCUT2D eigenvalue weighted by Gasteiger charge is 2.36. The first-order valence-electron chi connectivity index (χ1n) is 6.29. The van der Waals surface area contributed by atoms with Gasteiger partial charge in [0.05, 0.1) is 18.6 Å². The van der Waals surface area contributed by atoms with Gasteiger partial charge in [0, 0.05) is 7.05 Å². The van der Waals surface area contributed by atoms with Gasteiger partial charge in [-0.2, -0.15) is 0 Å². The molecule has 2 amide bonds. The SMILES string of the molecule is CN1C(=O)CC(NCC2CCC(O)CC2)C1=O. The Bertz CT molecular complexity index is 311. The van der Waals surface area contributed by atoms with E-state index < -0.39 is 0 Å². The van der Waals surface area contributed by atoms with Crippen LogP contribution >= 0.6 is 0 Å². The lowest BCUT2D eigenvalue weighted by Crippen LogP contribution is -2.40. The van der Waals surface area contributed by atoms with Gasteiger partial charge in [0.15, 0.2) is 0 Å². The van der Waals surface area contributed by atoms with Crippen molar-refractivity contribution in [3.63, 3.8) is 0 Å². The number of aliphatic hydroxyl groups excluding tert-OH is 1. The summed E-state index contributed by atoms with van der Waals surface area (Å²) in [5, 5.41) is 12.6. The third-order valence-corrected chi connectivity index (χ3v) is 3.85. The molecule has 1 atom stereocenters. The molecule has 5 heteroatoms. The minimum atomic E-state index is -0.334. The molecule has 2 N–H and O–H groups in total. The van der Waals surface area contributed by atoms with Crippen molar-refractivity contribution in [1.82, 2.24) is 10.2 Å². The number of nitrogens with one attached hydrogen (secondary N) is 1. The highest BCUT2D eigenvalue weighted by Crippen LogP contribution is 2.24. The highest BCUT2D eigenvalue weighted by molar-refractivity contribution is 6.05. The van der Waals surface area contributed by atoms with Gasteiger partial charge >= 0.3 is 0 Å². The van der Waals surface area contributed by atoms with Crippen molar-refractivity contribution in [2.75, 3.05) is 13.6 Å². The van der Waals surface area contributed by atoms with Gasteiger partial charge in [-0.05, 0) is 38.1 Å². The van der Waals surface area contributed by atoms with Gasteiger partial charge in [0.2, 0.25) is 11.8 Å². The largest absolute Gasteiger partial charge is 0.393 e. The first-order chi connectivity index (χ1) is 8.08. The normalized spacial score (nSPS) is 34.5. The smallest absolute Gasteiger partial charge is 0.246 e. The minimum absolute atomic E-state index is 0.105. The Morgan fingerprint density at radius 2 is 1.94 bits per heavy atom. The topological polar surface area (TPSA) is 69.6 Å². The van der Waals surface area contributed by atoms with Crippen molar-refractivity contribution in [2.45, 2.75) is 44.2 Å². The summed E-state index contributed by atoms with van der Waals surface area (Å²) in [7, 11) is 1.53. The van der Waals surface area contributed by atoms with E-state index in [1.807, 2.05) is 0 Å². The van der Waals surface area contributed by atoms with Crippen LogP contribution < -0.4 is 5.32 Å². The van der Waals surface area contributed by atoms with Crippen LogP contribution in [-0.2, 0) is 9.59 Å². The molecule has 0 radical (unpaired) electrons. The van der Waals surface area contributed by atoms with Crippen LogP contribution in [-0.4, -0.2) is 47.6 Å². The van der Waals surface area contributed by atoms with Crippen molar-refractivity contribution < 1.29 is 14.7 Å². The number of aliphatic hydroxyl groups is 1. The molecule has 1 unspecified atom stereocenters. The number of carbonyl (C=O) groups is 2. The van der Waals surface area contributed by atoms with E-state index in [4.69, 9.17) is 0 Å². The summed E-state index contributed by atoms with van der Waals surface area (Å²) in [6, 6.07) is -0.334. The van der Waals surface area contributed by atoms with Crippen LogP contribution in [0.25, 0.3) is 0 Å². The molecule has 1 aliphatic heterocycles. The summed E-state index contributed by atoms with van der Waals surface area (Å²) in [4.78, 5) is 24.2. The van der Waals surface area contributed by atoms with Gasteiger partial charge in [-0.15, -0.1) is 0 Å². The number of rotatable bonds is 3. The van der Waals surface area contributed by atoms with E-state index in [0.717, 1.165) is 32.2 Å². The molecule has 0 aromatic heterocycles. The number of hydrogen-bond donors (Lipinski definition) is 2. The van der Waals surface area contributed by atoms with E-state index in [9.17, 15) is 14.7 Å². The molecule has 1 aliphatic carbocycles. The van der Waals surface area contributed by atoms with Gasteiger partial charge in [-0.1, -0.05) is 0 Å². The Morgan fingerprint density at radius 3 is 2.47 bits per heavy atom. The van der Waals surface area contributed by atoms with E-state index in [1.165, 1.54) is 11.9 Å². The summed E-state index contributed by atoms with van der Waals surface area (Å²) in [6.07, 6.45) is 3.84. The van der Waals surface area contributed by atoms with Crippen LogP contribution in [0.5, 0.6) is 0 Å². The number of hydrogen-bond acceptors (Lipinski definition) is 4. The van der Waals surface area contributed by atoms with E-state index in [1.54, 1.807) is 0 Å². The highest BCUT2D eigenvalue weighted by atomic mass is 16.3. The third-order valence-electron chi connectivity index (χ3n) is 3.85. The van der Waals surface area contributed by atoms with Crippen LogP contribution in [0.2, 0.25) is 0 Å². The number of carbonyl (C=O) groups excluding carboxylic acids is 2. The molecule has 2 aliphatic rings. The molecule has 1 heterocycles. The van der Waals surface area contributed by atoms with Gasteiger partial charge < -0.3 is 10.4 Å². The Morgan fingerprint density at radius 1 is 1.29 bits per heavy atom. The van der Waals surface area contributed by atoms with E-state index in [-0.39, 0.29) is 30.4 Å². The standard InChI is InChI=1S/C12H20N2O3/c1-14-11(16)6-10(12(14)17)13-7-8-2-4-9(15)5-3-8/h8-10,13,15H,2-7H2,1H3. The number of likely N-dealkylation sites (N-methyl/N-ethyl adjacent to an activating group) is 1. The van der Waals surface area contributed by atoms with Crippen molar-refractivity contribution in [3.8, 4) is 0 Å². The van der Waals surface area contributed by atoms with Gasteiger partial charge in [-0.3, -0.25) is 14.5 Å². The molecule has 2 fully saturated rings. The fourth-order valence-electron chi connectivity index (χ4n) is 2.57. The Hall–Kier alpha value is -0.940. The van der Waals surface area contributed by atoms with Crippen LogP contribution in [0, 0.1) is 5.92 Å². The first-order valence-corrected chi connectivity index (χ1v) is 6.29. The predicted molar refractivity (Wildman–Crippen MR) is 62.1 cm³/mol. The summed E-state index contributed by atoms with van der Waals surface area (Å²) >= 11 is 0. The second-order valence-electron chi connectivity index (χ2n) is 5.13. The van der Waals surface area contributed by atoms with Crippen LogP contribution in [0.4, 0.5) is 0 Å². The molecule has 0 spiro atoms. The van der Waals surface area contributed by atoms with E-state index in [2.05, 4.69) is 5.32 Å². The maximum atomic E-state index is 11.6. The van der Waals surface area contributed by atoms with Crippen molar-refractivity contribution in [1.29, 1.82) is 0 Å². The maximum Gasteiger partial charge on any atom is 0.246 e. The van der Waals surface area contributed by atoms with Gasteiger partial charge in [0.1, 0.15) is 0 Å². The molecule has 17 heavy (non-hydrogen) atoms. The summed E-state index contributed by atoms with van der Waals surface area (Å²) in [6.45, 7) is 0.768. The lowest BCUT2D eigenvalue weighted by Gasteiger charge is -2.26. The average molecular weight is 240 g/mol. The lowest BCUT2D eigenvalue weighted by molar-refractivity contribution is -0.137. The zero-order chi connectivity index (χ0) is 12.4. The van der Waals surface area contributed by atoms with Crippen molar-refractivity contribution in [2.24, 2.45) is 5.92 Å². The number of amides is 2. The fourth-order valence-corrected chi connectivity index (χ4v) is 2.57. The molecule has 5 nitrogen and oxygen atoms in total. The molecule has 0 bridgehead atoms. The molecule has 1 saturated heterocycles. The predicted octanol–water partition coefficient (Wildman–Crippen LogP) is -0.116. The fraction of sp³-hybridized carbons (Fsp3) is 0.833. The quantitative estimate of drug-likeness (QED) is 0.675. The molecular weight excluding hydrogens is 220 g/mol. The van der Waals surface area contributed by atoms with Crippen LogP contribution in [0.1, 0.15) is 32.1 Å². The lowest BCUT2D eigenvalue weighted by atomic mass is 9.87. The Balaban J connectivity index is 1.75. The molecule has 2 rings (SSSR count). The zero-order valence-electron chi connectivity index (χ0n) is 10.2. The van der Waals surface area contributed by atoms with Gasteiger partial charge in [-0.25, -0.2) is 0 Å². The number of likely N-dealkylation sites (tertiary alicyclic amines) is 1. The Kier molecular flexibility index (Phi) is 3.79. The number of imide groups is 1. The van der Waals surface area contributed by atoms with E-state index >= 15 is 0 Å². The molecule has 0 aromatic rings. The summed E-state index contributed by atoms with van der Waals surface area (Å²) in [5.74, 6) is 0.296. The maximum absolute atomic E-state index is 11.6. The molecular formula is C12H20N2O3. The first kappa shape index (κ1) is 12.5. The van der Waals surface area contributed by atoms with Gasteiger partial charge in [0.25, 0.3) is 0 Å². The second kappa shape index (κ2) is 5.14.